The van der Waals surface area contributed by atoms with Crippen LogP contribution in [0.4, 0.5) is 5.69 Å². The van der Waals surface area contributed by atoms with E-state index in [0.717, 1.165) is 22.7 Å². The number of benzene rings is 2. The van der Waals surface area contributed by atoms with Gasteiger partial charge in [0.1, 0.15) is 11.6 Å². The Kier molecular flexibility index (Phi) is 5.09. The van der Waals surface area contributed by atoms with Crippen molar-refractivity contribution in [3.05, 3.63) is 70.5 Å². The molecule has 10 heteroatoms. The first-order chi connectivity index (χ1) is 14.0. The Balaban J connectivity index is 1.65. The molecule has 1 atom stereocenters. The third-order valence-corrected chi connectivity index (χ3v) is 5.34. The highest BCUT2D eigenvalue weighted by atomic mass is 32.2. The fourth-order valence-corrected chi connectivity index (χ4v) is 3.95. The molecule has 2 aromatic heterocycles. The Bertz CT molecular complexity index is 1230. The van der Waals surface area contributed by atoms with Crippen molar-refractivity contribution in [2.75, 3.05) is 7.11 Å². The largest absolute Gasteiger partial charge is 0.468 e. The summed E-state index contributed by atoms with van der Waals surface area (Å²) in [6.07, 6.45) is 1.82. The highest BCUT2D eigenvalue weighted by molar-refractivity contribution is 8.00. The number of nitro benzene ring substituents is 1. The highest BCUT2D eigenvalue weighted by Gasteiger charge is 2.24. The van der Waals surface area contributed by atoms with E-state index in [1.807, 2.05) is 24.3 Å². The minimum Gasteiger partial charge on any atom is -0.468 e. The molecule has 0 aliphatic heterocycles. The third-order valence-electron chi connectivity index (χ3n) is 4.32. The molecule has 0 aliphatic carbocycles. The molecule has 0 spiro atoms. The normalized spacial score (nSPS) is 12.2. The molecule has 4 rings (SSSR count). The Morgan fingerprint density at radius 3 is 2.90 bits per heavy atom. The van der Waals surface area contributed by atoms with E-state index in [-0.39, 0.29) is 12.1 Å². The number of ether oxygens (including phenoxy) is 1. The van der Waals surface area contributed by atoms with Crippen LogP contribution in [0.25, 0.3) is 16.6 Å². The lowest BCUT2D eigenvalue weighted by atomic mass is 10.1. The van der Waals surface area contributed by atoms with E-state index in [9.17, 15) is 14.9 Å². The Morgan fingerprint density at radius 1 is 1.28 bits per heavy atom. The summed E-state index contributed by atoms with van der Waals surface area (Å²) in [6, 6.07) is 13.8. The maximum Gasteiger partial charge on any atom is 0.319 e. The quantitative estimate of drug-likeness (QED) is 0.207. The van der Waals surface area contributed by atoms with Gasteiger partial charge in [-0.3, -0.25) is 14.9 Å². The summed E-state index contributed by atoms with van der Waals surface area (Å²) >= 11 is 1.15. The summed E-state index contributed by atoms with van der Waals surface area (Å²) in [5.74, 6) is -0.455. The summed E-state index contributed by atoms with van der Waals surface area (Å²) in [4.78, 5) is 31.7. The Labute approximate surface area is 168 Å². The van der Waals surface area contributed by atoms with Gasteiger partial charge in [-0.25, -0.2) is 14.5 Å². The Morgan fingerprint density at radius 2 is 2.10 bits per heavy atom. The van der Waals surface area contributed by atoms with Crippen molar-refractivity contribution in [3.63, 3.8) is 0 Å². The van der Waals surface area contributed by atoms with Gasteiger partial charge in [-0.05, 0) is 24.1 Å². The lowest BCUT2D eigenvalue weighted by molar-refractivity contribution is -0.384. The molecule has 4 aromatic rings. The molecule has 0 saturated heterocycles. The van der Waals surface area contributed by atoms with Crippen LogP contribution in [0.15, 0.2) is 60.0 Å². The molecule has 0 N–H and O–H groups in total. The number of methoxy groups -OCH3 is 1. The number of nitro groups is 1. The number of para-hydroxylation sites is 1. The first-order valence-corrected chi connectivity index (χ1v) is 9.51. The summed E-state index contributed by atoms with van der Waals surface area (Å²) in [5.41, 5.74) is 2.06. The number of esters is 1. The maximum atomic E-state index is 12.3. The van der Waals surface area contributed by atoms with E-state index in [2.05, 4.69) is 15.1 Å². The molecular weight excluding hydrogens is 394 g/mol. The molecule has 0 saturated carbocycles. The van der Waals surface area contributed by atoms with Crippen LogP contribution in [0.5, 0.6) is 0 Å². The molecule has 146 valence electrons. The van der Waals surface area contributed by atoms with Gasteiger partial charge in [0.05, 0.1) is 17.5 Å². The molecule has 2 aromatic carbocycles. The van der Waals surface area contributed by atoms with Crippen molar-refractivity contribution in [2.24, 2.45) is 0 Å². The monoisotopic (exact) mass is 409 g/mol. The minimum atomic E-state index is -0.654. The van der Waals surface area contributed by atoms with Crippen LogP contribution in [0.3, 0.4) is 0 Å². The van der Waals surface area contributed by atoms with Gasteiger partial charge in [0, 0.05) is 17.5 Å². The molecular formula is C19H15N5O4S. The second-order valence-corrected chi connectivity index (χ2v) is 7.35. The smallest absolute Gasteiger partial charge is 0.319 e. The molecule has 0 unspecified atom stereocenters. The van der Waals surface area contributed by atoms with Crippen LogP contribution < -0.4 is 0 Å². The van der Waals surface area contributed by atoms with E-state index < -0.39 is 16.1 Å². The van der Waals surface area contributed by atoms with Gasteiger partial charge in [0.15, 0.2) is 5.65 Å². The molecule has 0 aliphatic rings. The number of rotatable bonds is 6. The second kappa shape index (κ2) is 7.84. The van der Waals surface area contributed by atoms with Gasteiger partial charge < -0.3 is 4.74 Å². The fraction of sp³-hybridized carbons (Fsp3) is 0.158. The van der Waals surface area contributed by atoms with Crippen LogP contribution in [-0.2, 0) is 16.0 Å². The molecule has 0 radical (unpaired) electrons. The van der Waals surface area contributed by atoms with E-state index in [1.165, 1.54) is 19.2 Å². The number of hydrogen-bond acceptors (Lipinski definition) is 8. The van der Waals surface area contributed by atoms with Crippen molar-refractivity contribution < 1.29 is 14.5 Å². The highest BCUT2D eigenvalue weighted by Crippen LogP contribution is 2.27. The number of carbonyl (C=O) groups excluding carboxylic acids is 1. The third kappa shape index (κ3) is 3.87. The summed E-state index contributed by atoms with van der Waals surface area (Å²) < 4.78 is 6.47. The predicted octanol–water partition coefficient (Wildman–Crippen LogP) is 3.06. The lowest BCUT2D eigenvalue weighted by Crippen LogP contribution is -2.21. The zero-order valence-corrected chi connectivity index (χ0v) is 16.1. The van der Waals surface area contributed by atoms with E-state index in [4.69, 9.17) is 4.74 Å². The van der Waals surface area contributed by atoms with Gasteiger partial charge >= 0.3 is 5.97 Å². The first-order valence-electron chi connectivity index (χ1n) is 8.63. The Hall–Kier alpha value is -3.53. The van der Waals surface area contributed by atoms with E-state index in [0.29, 0.717) is 16.4 Å². The van der Waals surface area contributed by atoms with Gasteiger partial charge in [0.25, 0.3) is 5.69 Å². The predicted molar refractivity (Wildman–Crippen MR) is 107 cm³/mol. The number of fused-ring (bicyclic) bond motifs is 3. The zero-order valence-electron chi connectivity index (χ0n) is 15.3. The van der Waals surface area contributed by atoms with Gasteiger partial charge in [0.2, 0.25) is 5.16 Å². The number of hydrogen-bond donors (Lipinski definition) is 0. The van der Waals surface area contributed by atoms with Crippen molar-refractivity contribution in [3.8, 4) is 0 Å². The summed E-state index contributed by atoms with van der Waals surface area (Å²) in [5, 5.41) is 16.0. The topological polar surface area (TPSA) is 113 Å². The molecule has 9 nitrogen and oxygen atoms in total. The standard InChI is InChI=1S/C19H15N5O4S/c1-28-18(25)16(10-12-5-4-6-13(9-12)24(26)27)29-19-21-17-14-7-2-3-8-15(14)20-11-23(17)22-19/h2-9,11,16H,10H2,1H3/t16-/m0/s1. The van der Waals surface area contributed by atoms with Crippen LogP contribution >= 0.6 is 11.8 Å². The van der Waals surface area contributed by atoms with E-state index >= 15 is 0 Å². The minimum absolute atomic E-state index is 0.0282. The van der Waals surface area contributed by atoms with Gasteiger partial charge in [-0.1, -0.05) is 36.0 Å². The number of non-ortho nitro benzene ring substituents is 1. The summed E-state index contributed by atoms with van der Waals surface area (Å²) in [7, 11) is 1.30. The van der Waals surface area contributed by atoms with Crippen LogP contribution in [0.2, 0.25) is 0 Å². The van der Waals surface area contributed by atoms with Crippen molar-refractivity contribution >= 4 is 40.0 Å². The first kappa shape index (κ1) is 18.8. The van der Waals surface area contributed by atoms with E-state index in [1.54, 1.807) is 23.0 Å². The second-order valence-electron chi connectivity index (χ2n) is 6.19. The van der Waals surface area contributed by atoms with Crippen molar-refractivity contribution in [2.45, 2.75) is 16.8 Å². The van der Waals surface area contributed by atoms with Crippen molar-refractivity contribution in [1.29, 1.82) is 0 Å². The number of aromatic nitrogens is 4. The number of carbonyl (C=O) groups is 1. The SMILES string of the molecule is COC(=O)[C@H](Cc1cccc([N+](=O)[O-])c1)Sc1nc2c3ccccc3ncn2n1. The van der Waals surface area contributed by atoms with Crippen LogP contribution in [0.1, 0.15) is 5.56 Å². The molecule has 0 amide bonds. The molecule has 0 fully saturated rings. The number of thioether (sulfide) groups is 1. The average Bonchev–Trinajstić information content (AvgIpc) is 3.16. The molecule has 0 bridgehead atoms. The number of nitrogens with zero attached hydrogens (tertiary/aromatic N) is 5. The van der Waals surface area contributed by atoms with Crippen LogP contribution in [-0.4, -0.2) is 42.8 Å². The van der Waals surface area contributed by atoms with Crippen LogP contribution in [0, 0.1) is 10.1 Å². The lowest BCUT2D eigenvalue weighted by Gasteiger charge is -2.12. The summed E-state index contributed by atoms with van der Waals surface area (Å²) in [6.45, 7) is 0. The maximum absolute atomic E-state index is 12.3. The van der Waals surface area contributed by atoms with Gasteiger partial charge in [-0.15, -0.1) is 5.10 Å². The molecule has 2 heterocycles. The average molecular weight is 409 g/mol. The fourth-order valence-electron chi connectivity index (χ4n) is 2.95. The van der Waals surface area contributed by atoms with Crippen molar-refractivity contribution in [1.82, 2.24) is 19.6 Å². The van der Waals surface area contributed by atoms with Gasteiger partial charge in [-0.2, -0.15) is 0 Å². The molecule has 29 heavy (non-hydrogen) atoms. The zero-order chi connectivity index (χ0) is 20.4.